The summed E-state index contributed by atoms with van der Waals surface area (Å²) in [7, 11) is 1.83. The van der Waals surface area contributed by atoms with Gasteiger partial charge in [-0.1, -0.05) is 0 Å². The molecule has 0 unspecified atom stereocenters. The number of pyridine rings is 1. The van der Waals surface area contributed by atoms with Gasteiger partial charge in [-0.25, -0.2) is 4.98 Å². The fourth-order valence-electron chi connectivity index (χ4n) is 3.41. The highest BCUT2D eigenvalue weighted by molar-refractivity contribution is 5.95. The Bertz CT molecular complexity index is 653. The first kappa shape index (κ1) is 17.7. The Kier molecular flexibility index (Phi) is 4.94. The topological polar surface area (TPSA) is 74.8 Å². The highest BCUT2D eigenvalue weighted by Crippen LogP contribution is 2.31. The zero-order chi connectivity index (χ0) is 18.0. The Morgan fingerprint density at radius 3 is 2.72 bits per heavy atom. The predicted octanol–water partition coefficient (Wildman–Crippen LogP) is 1.05. The van der Waals surface area contributed by atoms with Crippen LogP contribution < -0.4 is 10.2 Å². The van der Waals surface area contributed by atoms with Gasteiger partial charge in [0.1, 0.15) is 12.4 Å². The Morgan fingerprint density at radius 2 is 2.08 bits per heavy atom. The van der Waals surface area contributed by atoms with Crippen LogP contribution in [0.4, 0.5) is 5.82 Å². The molecule has 0 atom stereocenters. The second kappa shape index (κ2) is 7.00. The zero-order valence-corrected chi connectivity index (χ0v) is 15.1. The van der Waals surface area contributed by atoms with Crippen molar-refractivity contribution in [3.05, 3.63) is 23.9 Å². The number of rotatable bonds is 3. The average molecular weight is 346 g/mol. The van der Waals surface area contributed by atoms with Crippen LogP contribution >= 0.6 is 0 Å². The molecule has 3 rings (SSSR count). The molecule has 3 heterocycles. The number of piperidine rings is 1. The molecule has 7 heteroatoms. The van der Waals surface area contributed by atoms with E-state index in [1.165, 1.54) is 0 Å². The van der Waals surface area contributed by atoms with Gasteiger partial charge >= 0.3 is 0 Å². The largest absolute Gasteiger partial charge is 0.363 e. The highest BCUT2D eigenvalue weighted by Gasteiger charge is 2.41. The molecule has 0 saturated carbocycles. The SMILES string of the molecule is CC(C)NC(=O)c1ccnc(N2CCC3(CC2)CN(C)C(=O)CO3)c1. The van der Waals surface area contributed by atoms with Crippen LogP contribution in [0, 0.1) is 0 Å². The fourth-order valence-corrected chi connectivity index (χ4v) is 3.41. The molecule has 1 aromatic rings. The molecular weight excluding hydrogens is 320 g/mol. The summed E-state index contributed by atoms with van der Waals surface area (Å²) in [6.07, 6.45) is 3.36. The zero-order valence-electron chi connectivity index (χ0n) is 15.1. The van der Waals surface area contributed by atoms with E-state index < -0.39 is 0 Å². The van der Waals surface area contributed by atoms with Gasteiger partial charge in [-0.15, -0.1) is 0 Å². The third kappa shape index (κ3) is 3.92. The van der Waals surface area contributed by atoms with Crippen molar-refractivity contribution in [2.45, 2.75) is 38.3 Å². The van der Waals surface area contributed by atoms with Gasteiger partial charge in [-0.3, -0.25) is 9.59 Å². The third-order valence-electron chi connectivity index (χ3n) is 4.88. The molecule has 0 aromatic carbocycles. The van der Waals surface area contributed by atoms with Crippen molar-refractivity contribution in [2.75, 3.05) is 38.2 Å². The van der Waals surface area contributed by atoms with Crippen molar-refractivity contribution >= 4 is 17.6 Å². The number of ether oxygens (including phenoxy) is 1. The van der Waals surface area contributed by atoms with Crippen LogP contribution in [0.2, 0.25) is 0 Å². The second-order valence-electron chi connectivity index (χ2n) is 7.24. The minimum Gasteiger partial charge on any atom is -0.363 e. The number of nitrogens with one attached hydrogen (secondary N) is 1. The van der Waals surface area contributed by atoms with Crippen LogP contribution in [0.3, 0.4) is 0 Å². The second-order valence-corrected chi connectivity index (χ2v) is 7.24. The van der Waals surface area contributed by atoms with Gasteiger partial charge in [0.2, 0.25) is 5.91 Å². The molecule has 7 nitrogen and oxygen atoms in total. The van der Waals surface area contributed by atoms with Crippen molar-refractivity contribution < 1.29 is 14.3 Å². The first-order valence-electron chi connectivity index (χ1n) is 8.78. The molecule has 2 amide bonds. The molecule has 1 N–H and O–H groups in total. The quantitative estimate of drug-likeness (QED) is 0.885. The number of hydrogen-bond donors (Lipinski definition) is 1. The van der Waals surface area contributed by atoms with Gasteiger partial charge in [0.15, 0.2) is 0 Å². The Balaban J connectivity index is 1.65. The minimum absolute atomic E-state index is 0.0404. The number of anilines is 1. The molecule has 2 fully saturated rings. The molecule has 25 heavy (non-hydrogen) atoms. The monoisotopic (exact) mass is 346 g/mol. The number of hydrogen-bond acceptors (Lipinski definition) is 5. The first-order chi connectivity index (χ1) is 11.9. The average Bonchev–Trinajstić information content (AvgIpc) is 2.59. The van der Waals surface area contributed by atoms with Crippen LogP contribution in [0.5, 0.6) is 0 Å². The number of nitrogens with zero attached hydrogens (tertiary/aromatic N) is 3. The van der Waals surface area contributed by atoms with E-state index >= 15 is 0 Å². The maximum atomic E-state index is 12.2. The molecule has 0 bridgehead atoms. The van der Waals surface area contributed by atoms with Gasteiger partial charge in [0, 0.05) is 44.5 Å². The number of likely N-dealkylation sites (N-methyl/N-ethyl adjacent to an activating group) is 1. The standard InChI is InChI=1S/C18H26N4O3/c1-13(2)20-17(24)14-4-7-19-15(10-14)22-8-5-18(6-9-22)12-21(3)16(23)11-25-18/h4,7,10,13H,5-6,8-9,11-12H2,1-3H3,(H,20,24). The minimum atomic E-state index is -0.244. The number of morpholine rings is 1. The number of carbonyl (C=O) groups excluding carboxylic acids is 2. The fraction of sp³-hybridized carbons (Fsp3) is 0.611. The number of aromatic nitrogens is 1. The lowest BCUT2D eigenvalue weighted by molar-refractivity contribution is -0.164. The molecule has 0 aliphatic carbocycles. The molecule has 2 aliphatic rings. The normalized spacial score (nSPS) is 20.2. The molecule has 1 aromatic heterocycles. The maximum Gasteiger partial charge on any atom is 0.251 e. The highest BCUT2D eigenvalue weighted by atomic mass is 16.5. The molecule has 136 valence electrons. The van der Waals surface area contributed by atoms with Crippen LogP contribution in [0.1, 0.15) is 37.0 Å². The summed E-state index contributed by atoms with van der Waals surface area (Å²) in [5.41, 5.74) is 0.379. The summed E-state index contributed by atoms with van der Waals surface area (Å²) >= 11 is 0. The molecule has 1 spiro atoms. The van der Waals surface area contributed by atoms with Gasteiger partial charge in [-0.05, 0) is 38.8 Å². The van der Waals surface area contributed by atoms with E-state index in [1.807, 2.05) is 27.0 Å². The maximum absolute atomic E-state index is 12.2. The lowest BCUT2D eigenvalue weighted by Crippen LogP contribution is -2.57. The number of amides is 2. The van der Waals surface area contributed by atoms with Crippen molar-refractivity contribution in [3.8, 4) is 0 Å². The summed E-state index contributed by atoms with van der Waals surface area (Å²) < 4.78 is 5.88. The van der Waals surface area contributed by atoms with Gasteiger partial charge in [0.25, 0.3) is 5.91 Å². The molecule has 2 aliphatic heterocycles. The molecular formula is C18H26N4O3. The third-order valence-corrected chi connectivity index (χ3v) is 4.88. The lowest BCUT2D eigenvalue weighted by Gasteiger charge is -2.46. The molecule has 2 saturated heterocycles. The van der Waals surface area contributed by atoms with Gasteiger partial charge in [0.05, 0.1) is 5.60 Å². The van der Waals surface area contributed by atoms with Crippen molar-refractivity contribution in [1.82, 2.24) is 15.2 Å². The summed E-state index contributed by atoms with van der Waals surface area (Å²) in [5.74, 6) is 0.771. The Labute approximate surface area is 148 Å². The van der Waals surface area contributed by atoms with Crippen LogP contribution in [-0.2, 0) is 9.53 Å². The van der Waals surface area contributed by atoms with Crippen LogP contribution in [-0.4, -0.2) is 66.6 Å². The number of carbonyl (C=O) groups is 2. The smallest absolute Gasteiger partial charge is 0.251 e. The van der Waals surface area contributed by atoms with Crippen molar-refractivity contribution in [1.29, 1.82) is 0 Å². The van der Waals surface area contributed by atoms with Crippen molar-refractivity contribution in [2.24, 2.45) is 0 Å². The predicted molar refractivity (Wildman–Crippen MR) is 94.6 cm³/mol. The molecule has 0 radical (unpaired) electrons. The van der Waals surface area contributed by atoms with E-state index in [0.717, 1.165) is 31.7 Å². The summed E-state index contributed by atoms with van der Waals surface area (Å²) in [4.78, 5) is 32.2. The summed E-state index contributed by atoms with van der Waals surface area (Å²) in [6, 6.07) is 3.67. The lowest BCUT2D eigenvalue weighted by atomic mass is 9.89. The van der Waals surface area contributed by atoms with E-state index in [1.54, 1.807) is 17.2 Å². The Hall–Kier alpha value is -2.15. The summed E-state index contributed by atoms with van der Waals surface area (Å²) in [6.45, 7) is 6.28. The first-order valence-corrected chi connectivity index (χ1v) is 8.78. The van der Waals surface area contributed by atoms with E-state index in [9.17, 15) is 9.59 Å². The van der Waals surface area contributed by atoms with E-state index in [-0.39, 0.29) is 30.1 Å². The van der Waals surface area contributed by atoms with E-state index in [4.69, 9.17) is 4.74 Å². The Morgan fingerprint density at radius 1 is 1.36 bits per heavy atom. The van der Waals surface area contributed by atoms with E-state index in [0.29, 0.717) is 12.1 Å². The van der Waals surface area contributed by atoms with Gasteiger partial charge in [-0.2, -0.15) is 0 Å². The summed E-state index contributed by atoms with van der Waals surface area (Å²) in [5, 5.41) is 2.90. The van der Waals surface area contributed by atoms with Crippen molar-refractivity contribution in [3.63, 3.8) is 0 Å². The van der Waals surface area contributed by atoms with E-state index in [2.05, 4.69) is 15.2 Å². The van der Waals surface area contributed by atoms with Gasteiger partial charge < -0.3 is 19.9 Å². The van der Waals surface area contributed by atoms with Crippen LogP contribution in [0.25, 0.3) is 0 Å². The van der Waals surface area contributed by atoms with Crippen LogP contribution in [0.15, 0.2) is 18.3 Å².